The van der Waals surface area contributed by atoms with Gasteiger partial charge in [-0.1, -0.05) is 0 Å². The molecule has 0 bridgehead atoms. The molecule has 7 heavy (non-hydrogen) atoms. The average Bonchev–Trinajstić information content (AvgIpc) is 1.65. The Bertz CT molecular complexity index is 72.6. The smallest absolute Gasteiger partial charge is 0.236 e. The van der Waals surface area contributed by atoms with Gasteiger partial charge in [-0.3, -0.25) is 10.1 Å². The second-order valence-corrected chi connectivity index (χ2v) is 1.30. The fourth-order valence-electron chi connectivity index (χ4n) is 0.0609. The molecule has 1 atom stereocenters. The van der Waals surface area contributed by atoms with Gasteiger partial charge >= 0.3 is 0 Å². The lowest BCUT2D eigenvalue weighted by atomic mass is 10.4. The minimum atomic E-state index is -0.931. The molecule has 0 heterocycles. The highest BCUT2D eigenvalue weighted by molar-refractivity contribution is 4.38. The number of hydrogen-bond acceptors (Lipinski definition) is 2. The van der Waals surface area contributed by atoms with E-state index in [4.69, 9.17) is 0 Å². The maximum Gasteiger partial charge on any atom is 0.236 e. The van der Waals surface area contributed by atoms with Crippen molar-refractivity contribution in [3.05, 3.63) is 10.1 Å². The van der Waals surface area contributed by atoms with Gasteiger partial charge in [-0.15, -0.1) is 0 Å². The van der Waals surface area contributed by atoms with E-state index in [-0.39, 0.29) is 0 Å². The fourth-order valence-corrected chi connectivity index (χ4v) is 0.0609. The summed E-state index contributed by atoms with van der Waals surface area (Å²) in [5, 5.41) is 19.2. The molecule has 0 spiro atoms. The SMILES string of the molecule is CC(C[O])[N+](=O)[O-]. The number of nitrogens with zero attached hydrogens (tertiary/aromatic N) is 1. The second kappa shape index (κ2) is 2.52. The van der Waals surface area contributed by atoms with Gasteiger partial charge in [0, 0.05) is 11.8 Å². The second-order valence-electron chi connectivity index (χ2n) is 1.30. The Kier molecular flexibility index (Phi) is 2.29. The highest BCUT2D eigenvalue weighted by Gasteiger charge is 2.09. The number of nitro groups is 1. The van der Waals surface area contributed by atoms with Crippen molar-refractivity contribution in [1.82, 2.24) is 0 Å². The van der Waals surface area contributed by atoms with Crippen molar-refractivity contribution in [2.24, 2.45) is 0 Å². The molecule has 0 saturated carbocycles. The van der Waals surface area contributed by atoms with Crippen LogP contribution in [0, 0.1) is 10.1 Å². The fraction of sp³-hybridized carbons (Fsp3) is 1.00. The molecule has 1 unspecified atom stereocenters. The average molecular weight is 104 g/mol. The molecular weight excluding hydrogens is 98.0 g/mol. The molecule has 0 rings (SSSR count). The van der Waals surface area contributed by atoms with Crippen LogP contribution in [0.4, 0.5) is 0 Å². The standard InChI is InChI=1S/C3H6NO3/c1-3(2-5)4(6)7/h3H,2H2,1H3. The minimum Gasteiger partial charge on any atom is -0.264 e. The van der Waals surface area contributed by atoms with Crippen LogP contribution >= 0.6 is 0 Å². The Morgan fingerprint density at radius 1 is 1.86 bits per heavy atom. The van der Waals surface area contributed by atoms with E-state index in [1.807, 2.05) is 0 Å². The summed E-state index contributed by atoms with van der Waals surface area (Å²) < 4.78 is 0. The maximum atomic E-state index is 9.63. The largest absolute Gasteiger partial charge is 0.264 e. The zero-order valence-corrected chi connectivity index (χ0v) is 3.96. The normalized spacial score (nSPS) is 13.4. The predicted octanol–water partition coefficient (Wildman–Crippen LogP) is 0.0821. The highest BCUT2D eigenvalue weighted by Crippen LogP contribution is 1.82. The molecule has 0 aromatic heterocycles. The first kappa shape index (κ1) is 6.36. The minimum absolute atomic E-state index is 0.590. The van der Waals surface area contributed by atoms with E-state index in [0.29, 0.717) is 0 Å². The molecule has 0 amide bonds. The highest BCUT2D eigenvalue weighted by atomic mass is 16.6. The summed E-state index contributed by atoms with van der Waals surface area (Å²) in [6, 6.07) is -0.931. The lowest BCUT2D eigenvalue weighted by molar-refractivity contribution is -0.522. The third-order valence-corrected chi connectivity index (χ3v) is 0.601. The van der Waals surface area contributed by atoms with E-state index in [9.17, 15) is 15.2 Å². The Morgan fingerprint density at radius 3 is 2.29 bits per heavy atom. The van der Waals surface area contributed by atoms with Gasteiger partial charge in [0.2, 0.25) is 6.04 Å². The summed E-state index contributed by atoms with van der Waals surface area (Å²) in [4.78, 5) is 8.95. The lowest BCUT2D eigenvalue weighted by Gasteiger charge is -1.92. The molecule has 0 aromatic rings. The molecule has 4 heteroatoms. The molecule has 41 valence electrons. The van der Waals surface area contributed by atoms with Crippen molar-refractivity contribution in [3.63, 3.8) is 0 Å². The van der Waals surface area contributed by atoms with E-state index in [0.717, 1.165) is 0 Å². The Balaban J connectivity index is 3.34. The summed E-state index contributed by atoms with van der Waals surface area (Å²) in [6.45, 7) is 0.653. The van der Waals surface area contributed by atoms with Gasteiger partial charge in [0.1, 0.15) is 6.61 Å². The van der Waals surface area contributed by atoms with Gasteiger partial charge in [-0.25, -0.2) is 5.11 Å². The van der Waals surface area contributed by atoms with Crippen LogP contribution in [0.25, 0.3) is 0 Å². The summed E-state index contributed by atoms with van der Waals surface area (Å²) >= 11 is 0. The van der Waals surface area contributed by atoms with E-state index in [1.165, 1.54) is 6.92 Å². The molecule has 1 radical (unpaired) electrons. The Morgan fingerprint density at radius 2 is 2.29 bits per heavy atom. The van der Waals surface area contributed by atoms with E-state index < -0.39 is 17.6 Å². The van der Waals surface area contributed by atoms with E-state index >= 15 is 0 Å². The van der Waals surface area contributed by atoms with Gasteiger partial charge in [0.25, 0.3) is 0 Å². The van der Waals surface area contributed by atoms with Gasteiger partial charge in [0.15, 0.2) is 0 Å². The molecule has 4 nitrogen and oxygen atoms in total. The lowest BCUT2D eigenvalue weighted by Crippen LogP contribution is -2.17. The monoisotopic (exact) mass is 104 g/mol. The van der Waals surface area contributed by atoms with Crippen LogP contribution < -0.4 is 0 Å². The molecular formula is C3H6NO3. The van der Waals surface area contributed by atoms with Gasteiger partial charge in [0.05, 0.1) is 0 Å². The first-order valence-corrected chi connectivity index (χ1v) is 1.90. The van der Waals surface area contributed by atoms with Crippen LogP contribution in [-0.2, 0) is 5.11 Å². The third kappa shape index (κ3) is 2.11. The summed E-state index contributed by atoms with van der Waals surface area (Å²) in [5.41, 5.74) is 0. The third-order valence-electron chi connectivity index (χ3n) is 0.601. The van der Waals surface area contributed by atoms with E-state index in [2.05, 4.69) is 0 Å². The zero-order valence-electron chi connectivity index (χ0n) is 3.96. The molecule has 0 fully saturated rings. The van der Waals surface area contributed by atoms with Crippen molar-refractivity contribution >= 4 is 0 Å². The predicted molar refractivity (Wildman–Crippen MR) is 22.0 cm³/mol. The van der Waals surface area contributed by atoms with Crippen molar-refractivity contribution < 1.29 is 10.0 Å². The van der Waals surface area contributed by atoms with Crippen LogP contribution in [0.1, 0.15) is 6.92 Å². The van der Waals surface area contributed by atoms with Gasteiger partial charge in [-0.05, 0) is 0 Å². The van der Waals surface area contributed by atoms with Crippen LogP contribution in [0.5, 0.6) is 0 Å². The molecule has 0 aliphatic carbocycles. The van der Waals surface area contributed by atoms with Crippen molar-refractivity contribution in [2.75, 3.05) is 6.61 Å². The maximum absolute atomic E-state index is 9.63. The van der Waals surface area contributed by atoms with Crippen LogP contribution in [-0.4, -0.2) is 17.6 Å². The van der Waals surface area contributed by atoms with Gasteiger partial charge < -0.3 is 0 Å². The van der Waals surface area contributed by atoms with Crippen molar-refractivity contribution in [1.29, 1.82) is 0 Å². The number of hydrogen-bond donors (Lipinski definition) is 0. The van der Waals surface area contributed by atoms with Crippen LogP contribution in [0.3, 0.4) is 0 Å². The summed E-state index contributed by atoms with van der Waals surface area (Å²) in [5.74, 6) is 0. The van der Waals surface area contributed by atoms with E-state index in [1.54, 1.807) is 0 Å². The number of rotatable bonds is 2. The molecule has 0 aromatic carbocycles. The van der Waals surface area contributed by atoms with Crippen molar-refractivity contribution in [3.8, 4) is 0 Å². The first-order valence-electron chi connectivity index (χ1n) is 1.90. The Hall–Kier alpha value is -0.640. The summed E-state index contributed by atoms with van der Waals surface area (Å²) in [6.07, 6.45) is 0. The molecule has 0 aliphatic rings. The molecule has 0 aliphatic heterocycles. The Labute approximate surface area is 40.9 Å². The van der Waals surface area contributed by atoms with Crippen LogP contribution in [0.2, 0.25) is 0 Å². The topological polar surface area (TPSA) is 63.0 Å². The quantitative estimate of drug-likeness (QED) is 0.368. The zero-order chi connectivity index (χ0) is 5.86. The van der Waals surface area contributed by atoms with Gasteiger partial charge in [-0.2, -0.15) is 0 Å². The first-order chi connectivity index (χ1) is 3.18. The van der Waals surface area contributed by atoms with Crippen molar-refractivity contribution in [2.45, 2.75) is 13.0 Å². The van der Waals surface area contributed by atoms with Crippen LogP contribution in [0.15, 0.2) is 0 Å². The molecule has 0 saturated heterocycles. The summed E-state index contributed by atoms with van der Waals surface area (Å²) in [7, 11) is 0. The molecule has 0 N–H and O–H groups in total.